The van der Waals surface area contributed by atoms with Gasteiger partial charge >= 0.3 is 6.18 Å². The molecule has 2 N–H and O–H groups in total. The normalized spacial score (nSPS) is 12.0. The summed E-state index contributed by atoms with van der Waals surface area (Å²) in [5.74, 6) is 0.353. The van der Waals surface area contributed by atoms with Crippen molar-refractivity contribution in [3.8, 4) is 5.88 Å². The molecule has 110 valence electrons. The number of nitrogen functional groups attached to an aromatic ring is 1. The van der Waals surface area contributed by atoms with Crippen LogP contribution >= 0.6 is 0 Å². The lowest BCUT2D eigenvalue weighted by Gasteiger charge is -2.09. The zero-order chi connectivity index (χ0) is 14.8. The Bertz CT molecular complexity index is 598. The minimum atomic E-state index is -4.35. The lowest BCUT2D eigenvalue weighted by atomic mass is 10.5. The van der Waals surface area contributed by atoms with Crippen molar-refractivity contribution >= 4 is 17.1 Å². The summed E-state index contributed by atoms with van der Waals surface area (Å²) in [6.45, 7) is -1.38. The Labute approximate surface area is 111 Å². The maximum atomic E-state index is 11.9. The van der Waals surface area contributed by atoms with Crippen molar-refractivity contribution < 1.29 is 22.6 Å². The molecule has 20 heavy (non-hydrogen) atoms. The number of halogens is 3. The lowest BCUT2D eigenvalue weighted by molar-refractivity contribution is -0.174. The zero-order valence-corrected chi connectivity index (χ0v) is 10.5. The molecular formula is C10H12F3N5O2. The number of anilines is 1. The Balaban J connectivity index is 2.12. The number of alkyl halides is 3. The van der Waals surface area contributed by atoms with Gasteiger partial charge in [-0.15, -0.1) is 0 Å². The Morgan fingerprint density at radius 3 is 2.75 bits per heavy atom. The minimum Gasteiger partial charge on any atom is -0.479 e. The smallest absolute Gasteiger partial charge is 0.411 e. The van der Waals surface area contributed by atoms with Gasteiger partial charge in [0.1, 0.15) is 12.9 Å². The second-order valence-electron chi connectivity index (χ2n) is 3.84. The fourth-order valence-electron chi connectivity index (χ4n) is 1.65. The third-order valence-electron chi connectivity index (χ3n) is 2.45. The molecule has 0 aliphatic heterocycles. The Morgan fingerprint density at radius 2 is 2.10 bits per heavy atom. The number of fused-ring (bicyclic) bond motifs is 1. The van der Waals surface area contributed by atoms with Crippen molar-refractivity contribution in [2.24, 2.45) is 0 Å². The van der Waals surface area contributed by atoms with Crippen LogP contribution in [-0.4, -0.2) is 46.0 Å². The number of ether oxygens (including phenoxy) is 2. The Kier molecular flexibility index (Phi) is 3.93. The molecule has 0 aliphatic rings. The zero-order valence-electron chi connectivity index (χ0n) is 10.5. The number of nitrogens with zero attached hydrogens (tertiary/aromatic N) is 4. The SMILES string of the molecule is COc1ncnc2c1nc(N)n2CCOCC(F)(F)F. The van der Waals surface area contributed by atoms with Gasteiger partial charge in [-0.3, -0.25) is 4.57 Å². The van der Waals surface area contributed by atoms with Gasteiger partial charge in [-0.05, 0) is 0 Å². The molecule has 0 saturated heterocycles. The van der Waals surface area contributed by atoms with Crippen LogP contribution < -0.4 is 10.5 Å². The number of imidazole rings is 1. The molecular weight excluding hydrogens is 279 g/mol. The van der Waals surface area contributed by atoms with E-state index in [0.29, 0.717) is 11.2 Å². The fraction of sp³-hybridized carbons (Fsp3) is 0.500. The van der Waals surface area contributed by atoms with Crippen molar-refractivity contribution in [2.45, 2.75) is 12.7 Å². The second-order valence-corrected chi connectivity index (χ2v) is 3.84. The molecule has 7 nitrogen and oxygen atoms in total. The summed E-state index contributed by atoms with van der Waals surface area (Å²) in [6.07, 6.45) is -3.09. The summed E-state index contributed by atoms with van der Waals surface area (Å²) in [6, 6.07) is 0. The largest absolute Gasteiger partial charge is 0.479 e. The van der Waals surface area contributed by atoms with Crippen LogP contribution in [0.5, 0.6) is 5.88 Å². The first kappa shape index (κ1) is 14.3. The van der Waals surface area contributed by atoms with Gasteiger partial charge in [-0.25, -0.2) is 9.97 Å². The van der Waals surface area contributed by atoms with Gasteiger partial charge in [-0.1, -0.05) is 0 Å². The van der Waals surface area contributed by atoms with E-state index in [1.54, 1.807) is 0 Å². The number of methoxy groups -OCH3 is 1. The van der Waals surface area contributed by atoms with Crippen LogP contribution in [0.3, 0.4) is 0 Å². The van der Waals surface area contributed by atoms with Crippen molar-refractivity contribution in [3.63, 3.8) is 0 Å². The topological polar surface area (TPSA) is 88.1 Å². The van der Waals surface area contributed by atoms with Crippen LogP contribution in [0.1, 0.15) is 0 Å². The van der Waals surface area contributed by atoms with Crippen molar-refractivity contribution in [1.82, 2.24) is 19.5 Å². The predicted octanol–water partition coefficient (Wildman–Crippen LogP) is 0.996. The van der Waals surface area contributed by atoms with E-state index < -0.39 is 12.8 Å². The minimum absolute atomic E-state index is 0.0958. The Hall–Kier alpha value is -2.10. The molecule has 0 atom stereocenters. The summed E-state index contributed by atoms with van der Waals surface area (Å²) in [7, 11) is 1.42. The molecule has 0 saturated carbocycles. The quantitative estimate of drug-likeness (QED) is 0.827. The molecule has 0 amide bonds. The average molecular weight is 291 g/mol. The molecule has 2 aromatic rings. The van der Waals surface area contributed by atoms with E-state index in [-0.39, 0.29) is 25.0 Å². The van der Waals surface area contributed by atoms with Gasteiger partial charge in [0.2, 0.25) is 11.8 Å². The highest BCUT2D eigenvalue weighted by atomic mass is 19.4. The van der Waals surface area contributed by atoms with Gasteiger partial charge in [0.25, 0.3) is 0 Å². The summed E-state index contributed by atoms with van der Waals surface area (Å²) in [5, 5.41) is 0. The van der Waals surface area contributed by atoms with E-state index in [1.807, 2.05) is 0 Å². The summed E-state index contributed by atoms with van der Waals surface area (Å²) in [5.41, 5.74) is 6.43. The van der Waals surface area contributed by atoms with Crippen molar-refractivity contribution in [3.05, 3.63) is 6.33 Å². The van der Waals surface area contributed by atoms with Gasteiger partial charge in [-0.2, -0.15) is 18.2 Å². The molecule has 0 unspecified atom stereocenters. The van der Waals surface area contributed by atoms with Crippen LogP contribution in [0, 0.1) is 0 Å². The monoisotopic (exact) mass is 291 g/mol. The number of nitrogens with two attached hydrogens (primary N) is 1. The first-order chi connectivity index (χ1) is 9.42. The van der Waals surface area contributed by atoms with Gasteiger partial charge < -0.3 is 15.2 Å². The lowest BCUT2D eigenvalue weighted by Crippen LogP contribution is -2.19. The van der Waals surface area contributed by atoms with Crippen LogP contribution in [0.4, 0.5) is 19.1 Å². The van der Waals surface area contributed by atoms with E-state index in [9.17, 15) is 13.2 Å². The fourth-order valence-corrected chi connectivity index (χ4v) is 1.65. The molecule has 2 heterocycles. The molecule has 2 aromatic heterocycles. The maximum absolute atomic E-state index is 11.9. The van der Waals surface area contributed by atoms with E-state index in [2.05, 4.69) is 19.7 Å². The molecule has 0 spiro atoms. The first-order valence-corrected chi connectivity index (χ1v) is 5.57. The van der Waals surface area contributed by atoms with E-state index >= 15 is 0 Å². The molecule has 0 aromatic carbocycles. The number of rotatable bonds is 5. The highest BCUT2D eigenvalue weighted by Crippen LogP contribution is 2.22. The van der Waals surface area contributed by atoms with Crippen molar-refractivity contribution in [1.29, 1.82) is 0 Å². The molecule has 2 rings (SSSR count). The average Bonchev–Trinajstić information content (AvgIpc) is 2.69. The molecule has 10 heteroatoms. The van der Waals surface area contributed by atoms with Gasteiger partial charge in [0.15, 0.2) is 11.2 Å². The number of hydrogen-bond donors (Lipinski definition) is 1. The highest BCUT2D eigenvalue weighted by Gasteiger charge is 2.27. The molecule has 0 fully saturated rings. The van der Waals surface area contributed by atoms with E-state index in [4.69, 9.17) is 10.5 Å². The second kappa shape index (κ2) is 5.49. The third kappa shape index (κ3) is 3.07. The predicted molar refractivity (Wildman–Crippen MR) is 63.2 cm³/mol. The summed E-state index contributed by atoms with van der Waals surface area (Å²) in [4.78, 5) is 11.9. The third-order valence-corrected chi connectivity index (χ3v) is 2.45. The van der Waals surface area contributed by atoms with Crippen LogP contribution in [-0.2, 0) is 11.3 Å². The van der Waals surface area contributed by atoms with E-state index in [1.165, 1.54) is 18.0 Å². The van der Waals surface area contributed by atoms with Gasteiger partial charge in [0, 0.05) is 0 Å². The van der Waals surface area contributed by atoms with Crippen LogP contribution in [0.15, 0.2) is 6.33 Å². The number of hydrogen-bond acceptors (Lipinski definition) is 6. The van der Waals surface area contributed by atoms with Crippen LogP contribution in [0.25, 0.3) is 11.2 Å². The van der Waals surface area contributed by atoms with E-state index in [0.717, 1.165) is 0 Å². The Morgan fingerprint density at radius 1 is 1.35 bits per heavy atom. The highest BCUT2D eigenvalue weighted by molar-refractivity contribution is 5.78. The number of aromatic nitrogens is 4. The molecule has 0 bridgehead atoms. The maximum Gasteiger partial charge on any atom is 0.411 e. The standard InChI is InChI=1S/C10H12F3N5O2/c1-19-8-6-7(15-5-16-8)18(9(14)17-6)2-3-20-4-10(11,12)13/h5H,2-4H2,1H3,(H2,14,17). The van der Waals surface area contributed by atoms with Gasteiger partial charge in [0.05, 0.1) is 20.3 Å². The first-order valence-electron chi connectivity index (χ1n) is 5.57. The summed E-state index contributed by atoms with van der Waals surface area (Å²) < 4.78 is 46.8. The van der Waals surface area contributed by atoms with Crippen molar-refractivity contribution in [2.75, 3.05) is 26.1 Å². The van der Waals surface area contributed by atoms with Crippen LogP contribution in [0.2, 0.25) is 0 Å². The summed E-state index contributed by atoms with van der Waals surface area (Å²) >= 11 is 0. The molecule has 0 aliphatic carbocycles. The molecule has 0 radical (unpaired) electrons.